The highest BCUT2D eigenvalue weighted by Gasteiger charge is 2.37. The minimum Gasteiger partial charge on any atom is -0.443 e. The fraction of sp³-hybridized carbons (Fsp3) is 0.500. The Hall–Kier alpha value is -3.24. The van der Waals surface area contributed by atoms with E-state index in [1.54, 1.807) is 107 Å². The lowest BCUT2D eigenvalue weighted by Gasteiger charge is -2.27. The Morgan fingerprint density at radius 2 is 0.925 bits per heavy atom. The molecule has 4 amide bonds. The number of aromatic nitrogens is 2. The third kappa shape index (κ3) is 12.4. The van der Waals surface area contributed by atoms with Crippen molar-refractivity contribution >= 4 is 118 Å². The minimum atomic E-state index is -0.848. The summed E-state index contributed by atoms with van der Waals surface area (Å²) >= 11 is 18.1. The van der Waals surface area contributed by atoms with Gasteiger partial charge in [0.15, 0.2) is 11.6 Å². The number of aryl methyl sites for hydroxylation is 1. The maximum absolute atomic E-state index is 12.8. The van der Waals surface area contributed by atoms with Crippen molar-refractivity contribution in [3.63, 3.8) is 0 Å². The minimum absolute atomic E-state index is 0.164. The number of amides is 4. The Balaban J connectivity index is 0.000000286. The van der Waals surface area contributed by atoms with E-state index in [1.807, 2.05) is 6.92 Å². The van der Waals surface area contributed by atoms with Crippen LogP contribution in [-0.2, 0) is 24.3 Å². The van der Waals surface area contributed by atoms with Crippen molar-refractivity contribution in [1.29, 1.82) is 0 Å². The summed E-state index contributed by atoms with van der Waals surface area (Å²) in [5, 5.41) is 2.95. The maximum Gasteiger partial charge on any atom is 0.425 e. The SMILES string of the molecule is CC(C)(C)OC(=O)N(C(=O)OC(C)(C)C)c1nsc2cc(Cl)c(CBr)cc12.Cc1cc2c(N(C(=O)OC(C)(C)C)C(=O)OC(C)(C)C)nsc2cc1Cl. The van der Waals surface area contributed by atoms with Gasteiger partial charge in [0.1, 0.15) is 22.4 Å². The van der Waals surface area contributed by atoms with Gasteiger partial charge < -0.3 is 18.9 Å². The first kappa shape index (κ1) is 44.2. The number of rotatable bonds is 3. The molecule has 2 aromatic heterocycles. The van der Waals surface area contributed by atoms with Crippen LogP contribution in [0, 0.1) is 6.92 Å². The van der Waals surface area contributed by atoms with Gasteiger partial charge in [0, 0.05) is 26.1 Å². The number of benzene rings is 2. The number of anilines is 2. The number of ether oxygens (including phenoxy) is 4. The number of hydrogen-bond donors (Lipinski definition) is 0. The van der Waals surface area contributed by atoms with E-state index >= 15 is 0 Å². The highest BCUT2D eigenvalue weighted by molar-refractivity contribution is 9.08. The quantitative estimate of drug-likeness (QED) is 0.144. The van der Waals surface area contributed by atoms with Gasteiger partial charge >= 0.3 is 24.4 Å². The van der Waals surface area contributed by atoms with Crippen molar-refractivity contribution in [2.24, 2.45) is 0 Å². The predicted molar refractivity (Wildman–Crippen MR) is 217 cm³/mol. The first-order valence-corrected chi connectivity index (χ1v) is 19.7. The molecule has 0 N–H and O–H groups in total. The van der Waals surface area contributed by atoms with Crippen molar-refractivity contribution in [1.82, 2.24) is 8.75 Å². The summed E-state index contributed by atoms with van der Waals surface area (Å²) in [6.45, 7) is 22.5. The Morgan fingerprint density at radius 1 is 0.604 bits per heavy atom. The van der Waals surface area contributed by atoms with Crippen LogP contribution < -0.4 is 9.80 Å². The van der Waals surface area contributed by atoms with Gasteiger partial charge in [-0.2, -0.15) is 18.5 Å². The van der Waals surface area contributed by atoms with Crippen LogP contribution in [0.4, 0.5) is 30.8 Å². The molecule has 12 nitrogen and oxygen atoms in total. The molecule has 0 atom stereocenters. The van der Waals surface area contributed by atoms with Gasteiger partial charge in [0.05, 0.1) is 9.40 Å². The zero-order chi connectivity index (χ0) is 40.4. The summed E-state index contributed by atoms with van der Waals surface area (Å²) in [4.78, 5) is 52.7. The Labute approximate surface area is 336 Å². The largest absolute Gasteiger partial charge is 0.443 e. The van der Waals surface area contributed by atoms with E-state index in [2.05, 4.69) is 24.7 Å². The summed E-state index contributed by atoms with van der Waals surface area (Å²) < 4.78 is 31.7. The molecular formula is C36H45BrCl2N4O8S2. The van der Waals surface area contributed by atoms with Crippen molar-refractivity contribution in [3.05, 3.63) is 45.4 Å². The molecule has 0 unspecified atom stereocenters. The fourth-order valence-electron chi connectivity index (χ4n) is 4.20. The summed E-state index contributed by atoms with van der Waals surface area (Å²) in [5.74, 6) is 0.339. The average Bonchev–Trinajstić information content (AvgIpc) is 3.53. The molecule has 4 rings (SSSR count). The highest BCUT2D eigenvalue weighted by Crippen LogP contribution is 2.37. The number of carbonyl (C=O) groups is 4. The molecule has 17 heteroatoms. The van der Waals surface area contributed by atoms with Crippen molar-refractivity contribution in [3.8, 4) is 0 Å². The Bertz CT molecular complexity index is 1950. The number of alkyl halides is 1. The summed E-state index contributed by atoms with van der Waals surface area (Å²) in [6, 6.07) is 7.11. The van der Waals surface area contributed by atoms with E-state index < -0.39 is 46.8 Å². The molecule has 4 aromatic rings. The molecule has 2 heterocycles. The lowest BCUT2D eigenvalue weighted by Crippen LogP contribution is -2.44. The Morgan fingerprint density at radius 3 is 1.25 bits per heavy atom. The van der Waals surface area contributed by atoms with E-state index in [0.29, 0.717) is 26.1 Å². The van der Waals surface area contributed by atoms with Gasteiger partial charge in [-0.1, -0.05) is 39.1 Å². The van der Waals surface area contributed by atoms with E-state index in [4.69, 9.17) is 42.1 Å². The first-order valence-electron chi connectivity index (χ1n) is 16.3. The van der Waals surface area contributed by atoms with E-state index in [1.165, 1.54) is 0 Å². The van der Waals surface area contributed by atoms with Gasteiger partial charge in [-0.15, -0.1) is 0 Å². The molecule has 0 spiro atoms. The van der Waals surface area contributed by atoms with Crippen LogP contribution in [-0.4, -0.2) is 55.5 Å². The number of hydrogen-bond acceptors (Lipinski definition) is 12. The first-order chi connectivity index (χ1) is 24.1. The van der Waals surface area contributed by atoms with Gasteiger partial charge in [-0.3, -0.25) is 0 Å². The summed E-state index contributed by atoms with van der Waals surface area (Å²) in [5.41, 5.74) is -1.49. The van der Waals surface area contributed by atoms with Crippen LogP contribution in [0.2, 0.25) is 10.0 Å². The number of imide groups is 2. The van der Waals surface area contributed by atoms with E-state index in [0.717, 1.165) is 53.4 Å². The third-order valence-corrected chi connectivity index (χ3v) is 9.18. The molecule has 0 bridgehead atoms. The average molecular weight is 877 g/mol. The second-order valence-corrected chi connectivity index (χ2v) is 18.8. The van der Waals surface area contributed by atoms with Crippen LogP contribution in [0.3, 0.4) is 0 Å². The molecule has 0 aliphatic heterocycles. The van der Waals surface area contributed by atoms with Crippen LogP contribution in [0.1, 0.15) is 94.2 Å². The van der Waals surface area contributed by atoms with Crippen LogP contribution in [0.25, 0.3) is 20.2 Å². The summed E-state index contributed by atoms with van der Waals surface area (Å²) in [6.07, 6.45) is -3.38. The van der Waals surface area contributed by atoms with Gasteiger partial charge in [-0.25, -0.2) is 19.2 Å². The topological polar surface area (TPSA) is 137 Å². The highest BCUT2D eigenvalue weighted by atomic mass is 79.9. The van der Waals surface area contributed by atoms with E-state index in [9.17, 15) is 19.2 Å². The second kappa shape index (κ2) is 16.6. The van der Waals surface area contributed by atoms with Crippen LogP contribution >= 0.6 is 62.2 Å². The Kier molecular flexibility index (Phi) is 13.9. The fourth-order valence-corrected chi connectivity index (χ4v) is 6.91. The maximum atomic E-state index is 12.8. The van der Waals surface area contributed by atoms with Gasteiger partial charge in [0.25, 0.3) is 0 Å². The van der Waals surface area contributed by atoms with E-state index in [-0.39, 0.29) is 11.6 Å². The lowest BCUT2D eigenvalue weighted by atomic mass is 10.2. The zero-order valence-electron chi connectivity index (χ0n) is 32.0. The monoisotopic (exact) mass is 874 g/mol. The number of carbonyl (C=O) groups excluding carboxylic acids is 4. The molecule has 0 saturated carbocycles. The van der Waals surface area contributed by atoms with Gasteiger partial charge in [0.2, 0.25) is 0 Å². The zero-order valence-corrected chi connectivity index (χ0v) is 36.8. The van der Waals surface area contributed by atoms with Crippen molar-refractivity contribution in [2.45, 2.75) is 118 Å². The number of halogens is 3. The standard InChI is InChI=1S/C18H22BrClN2O4S.C18H23ClN2O4S/c1-17(2,3)25-15(23)22(16(24)26-18(4,5)6)14-11-7-10(9-19)12(20)8-13(11)27-21-14;1-10-8-11-13(9-12(10)19)26-20-14(11)21(15(22)24-17(2,3)4)16(23)25-18(5,6)7/h7-8H,9H2,1-6H3;8-9H,1-7H3. The molecule has 0 aliphatic carbocycles. The lowest BCUT2D eigenvalue weighted by molar-refractivity contribution is 0.0407. The van der Waals surface area contributed by atoms with Gasteiger partial charge in [-0.05, 0) is 148 Å². The molecule has 290 valence electrons. The molecule has 53 heavy (non-hydrogen) atoms. The molecular weight excluding hydrogens is 831 g/mol. The number of fused-ring (bicyclic) bond motifs is 2. The van der Waals surface area contributed by atoms with Crippen LogP contribution in [0.15, 0.2) is 24.3 Å². The molecule has 2 aromatic carbocycles. The third-order valence-electron chi connectivity index (χ3n) is 6.22. The summed E-state index contributed by atoms with van der Waals surface area (Å²) in [7, 11) is 0. The molecule has 0 saturated heterocycles. The number of nitrogens with zero attached hydrogens (tertiary/aromatic N) is 4. The van der Waals surface area contributed by atoms with Crippen molar-refractivity contribution < 1.29 is 38.1 Å². The molecule has 0 aliphatic rings. The molecule has 0 fully saturated rings. The predicted octanol–water partition coefficient (Wildman–Crippen LogP) is 12.5. The van der Waals surface area contributed by atoms with Crippen molar-refractivity contribution in [2.75, 3.05) is 9.80 Å². The van der Waals surface area contributed by atoms with Crippen LogP contribution in [0.5, 0.6) is 0 Å². The molecule has 0 radical (unpaired) electrons. The smallest absolute Gasteiger partial charge is 0.425 e. The second-order valence-electron chi connectivity index (χ2n) is 15.8. The normalized spacial score (nSPS) is 12.2.